The number of ketones is 1. The Morgan fingerprint density at radius 3 is 2.83 bits per heavy atom. The van der Waals surface area contributed by atoms with Gasteiger partial charge in [0.1, 0.15) is 0 Å². The summed E-state index contributed by atoms with van der Waals surface area (Å²) in [4.78, 5) is 15.4. The molecule has 0 radical (unpaired) electrons. The Morgan fingerprint density at radius 2 is 2.11 bits per heavy atom. The lowest BCUT2D eigenvalue weighted by molar-refractivity contribution is 0.103. The second kappa shape index (κ2) is 4.30. The van der Waals surface area contributed by atoms with Crippen molar-refractivity contribution in [1.82, 2.24) is 4.98 Å². The third-order valence-electron chi connectivity index (χ3n) is 2.75. The fraction of sp³-hybridized carbons (Fsp3) is 0. The Labute approximate surface area is 116 Å². The maximum atomic E-state index is 12.4. The van der Waals surface area contributed by atoms with E-state index in [9.17, 15) is 4.79 Å². The predicted molar refractivity (Wildman–Crippen MR) is 73.1 cm³/mol. The van der Waals surface area contributed by atoms with E-state index < -0.39 is 0 Å². The van der Waals surface area contributed by atoms with Crippen LogP contribution in [-0.2, 0) is 0 Å². The van der Waals surface area contributed by atoms with Gasteiger partial charge in [0.2, 0.25) is 0 Å². The Balaban J connectivity index is 2.18. The molecule has 0 bridgehead atoms. The van der Waals surface area contributed by atoms with Gasteiger partial charge >= 0.3 is 0 Å². The third-order valence-corrected chi connectivity index (χ3v) is 3.60. The number of hydrogen-bond donors (Lipinski definition) is 1. The van der Waals surface area contributed by atoms with Crippen LogP contribution in [0.4, 0.5) is 0 Å². The maximum absolute atomic E-state index is 12.4. The average Bonchev–Trinajstić information content (AvgIpc) is 2.94. The molecule has 1 aromatic carbocycles. The summed E-state index contributed by atoms with van der Waals surface area (Å²) in [6, 6.07) is 7.03. The number of aromatic amines is 1. The highest BCUT2D eigenvalue weighted by Crippen LogP contribution is 2.27. The number of benzene rings is 1. The summed E-state index contributed by atoms with van der Waals surface area (Å²) in [5.41, 5.74) is 1.95. The van der Waals surface area contributed by atoms with Crippen LogP contribution in [0.2, 0.25) is 5.02 Å². The van der Waals surface area contributed by atoms with Gasteiger partial charge in [-0.3, -0.25) is 4.79 Å². The van der Waals surface area contributed by atoms with E-state index in [4.69, 9.17) is 16.0 Å². The van der Waals surface area contributed by atoms with Crippen LogP contribution in [-0.4, -0.2) is 10.8 Å². The molecule has 90 valence electrons. The van der Waals surface area contributed by atoms with Crippen molar-refractivity contribution in [1.29, 1.82) is 0 Å². The molecule has 3 nitrogen and oxygen atoms in total. The fourth-order valence-electron chi connectivity index (χ4n) is 1.88. The molecule has 0 amide bonds. The van der Waals surface area contributed by atoms with Crippen molar-refractivity contribution in [2.24, 2.45) is 0 Å². The van der Waals surface area contributed by atoms with E-state index in [-0.39, 0.29) is 5.78 Å². The molecule has 1 N–H and O–H groups in total. The molecule has 0 atom stereocenters. The summed E-state index contributed by atoms with van der Waals surface area (Å²) >= 11 is 9.16. The van der Waals surface area contributed by atoms with E-state index in [1.54, 1.807) is 24.4 Å². The summed E-state index contributed by atoms with van der Waals surface area (Å²) in [7, 11) is 0. The average molecular weight is 325 g/mol. The molecule has 18 heavy (non-hydrogen) atoms. The van der Waals surface area contributed by atoms with Crippen molar-refractivity contribution in [3.05, 3.63) is 57.5 Å². The Bertz CT molecular complexity index is 744. The number of nitrogens with one attached hydrogen (secondary N) is 1. The first-order valence-electron chi connectivity index (χ1n) is 5.21. The number of furan rings is 1. The van der Waals surface area contributed by atoms with Crippen molar-refractivity contribution in [2.45, 2.75) is 0 Å². The van der Waals surface area contributed by atoms with Crippen LogP contribution in [0.5, 0.6) is 0 Å². The zero-order valence-corrected chi connectivity index (χ0v) is 11.4. The van der Waals surface area contributed by atoms with Gasteiger partial charge in [0, 0.05) is 27.7 Å². The molecule has 0 spiro atoms. The quantitative estimate of drug-likeness (QED) is 0.710. The normalized spacial score (nSPS) is 11.0. The van der Waals surface area contributed by atoms with Gasteiger partial charge in [-0.2, -0.15) is 0 Å². The molecule has 3 rings (SSSR count). The molecule has 2 heterocycles. The van der Waals surface area contributed by atoms with Crippen LogP contribution >= 0.6 is 27.5 Å². The van der Waals surface area contributed by atoms with E-state index in [0.717, 1.165) is 10.9 Å². The van der Waals surface area contributed by atoms with Crippen molar-refractivity contribution in [2.75, 3.05) is 0 Å². The van der Waals surface area contributed by atoms with E-state index >= 15 is 0 Å². The van der Waals surface area contributed by atoms with Gasteiger partial charge in [-0.15, -0.1) is 0 Å². The van der Waals surface area contributed by atoms with Crippen LogP contribution in [0.25, 0.3) is 10.9 Å². The first kappa shape index (κ1) is 11.6. The predicted octanol–water partition coefficient (Wildman–Crippen LogP) is 4.41. The van der Waals surface area contributed by atoms with Crippen LogP contribution < -0.4 is 0 Å². The lowest BCUT2D eigenvalue weighted by atomic mass is 10.1. The van der Waals surface area contributed by atoms with Crippen molar-refractivity contribution >= 4 is 44.2 Å². The number of H-pyrrole nitrogens is 1. The minimum atomic E-state index is -0.107. The van der Waals surface area contributed by atoms with E-state index in [0.29, 0.717) is 20.8 Å². The van der Waals surface area contributed by atoms with Crippen molar-refractivity contribution in [3.8, 4) is 0 Å². The van der Waals surface area contributed by atoms with Crippen LogP contribution in [0.1, 0.15) is 15.9 Å². The maximum Gasteiger partial charge on any atom is 0.199 e. The number of carbonyl (C=O) groups excluding carboxylic acids is 1. The number of aromatic nitrogens is 1. The largest absolute Gasteiger partial charge is 0.457 e. The molecule has 3 aromatic rings. The molecular formula is C13H7BrClNO2. The number of hydrogen-bond acceptors (Lipinski definition) is 2. The van der Waals surface area contributed by atoms with E-state index in [2.05, 4.69) is 20.9 Å². The van der Waals surface area contributed by atoms with E-state index in [1.165, 1.54) is 6.26 Å². The Hall–Kier alpha value is -1.52. The van der Waals surface area contributed by atoms with Crippen LogP contribution in [0.3, 0.4) is 0 Å². The lowest BCUT2D eigenvalue weighted by Gasteiger charge is -1.97. The SMILES string of the molecule is O=C(c1ccoc1Br)c1c[nH]c2ccc(Cl)cc12. The minimum Gasteiger partial charge on any atom is -0.457 e. The molecule has 0 unspecified atom stereocenters. The van der Waals surface area contributed by atoms with Gasteiger partial charge in [0.05, 0.1) is 11.8 Å². The molecule has 0 aliphatic heterocycles. The first-order valence-corrected chi connectivity index (χ1v) is 6.38. The third kappa shape index (κ3) is 1.78. The summed E-state index contributed by atoms with van der Waals surface area (Å²) in [6.07, 6.45) is 3.15. The molecule has 0 fully saturated rings. The molecule has 0 saturated carbocycles. The Kier molecular flexibility index (Phi) is 2.76. The highest BCUT2D eigenvalue weighted by molar-refractivity contribution is 9.10. The monoisotopic (exact) mass is 323 g/mol. The van der Waals surface area contributed by atoms with Gasteiger partial charge < -0.3 is 9.40 Å². The number of carbonyl (C=O) groups is 1. The summed E-state index contributed by atoms with van der Waals surface area (Å²) in [5.74, 6) is -0.107. The summed E-state index contributed by atoms with van der Waals surface area (Å²) in [5, 5.41) is 1.41. The second-order valence-electron chi connectivity index (χ2n) is 3.83. The second-order valence-corrected chi connectivity index (χ2v) is 4.99. The molecule has 0 aliphatic rings. The first-order chi connectivity index (χ1) is 8.66. The molecule has 2 aromatic heterocycles. The number of rotatable bonds is 2. The van der Waals surface area contributed by atoms with Crippen molar-refractivity contribution < 1.29 is 9.21 Å². The van der Waals surface area contributed by atoms with Crippen LogP contribution in [0.15, 0.2) is 45.8 Å². The smallest absolute Gasteiger partial charge is 0.199 e. The van der Waals surface area contributed by atoms with Gasteiger partial charge in [-0.05, 0) is 40.2 Å². The Morgan fingerprint density at radius 1 is 1.28 bits per heavy atom. The van der Waals surface area contributed by atoms with Gasteiger partial charge in [-0.1, -0.05) is 11.6 Å². The summed E-state index contributed by atoms with van der Waals surface area (Å²) < 4.78 is 5.51. The zero-order chi connectivity index (χ0) is 12.7. The fourth-order valence-corrected chi connectivity index (χ4v) is 2.47. The highest BCUT2D eigenvalue weighted by atomic mass is 79.9. The summed E-state index contributed by atoms with van der Waals surface area (Å²) in [6.45, 7) is 0. The zero-order valence-electron chi connectivity index (χ0n) is 9.04. The standard InChI is InChI=1S/C13H7BrClNO2/c14-13-8(3-4-18-13)12(17)10-6-16-11-2-1-7(15)5-9(10)11/h1-6,16H. The molecular weight excluding hydrogens is 318 g/mol. The topological polar surface area (TPSA) is 46.0 Å². The lowest BCUT2D eigenvalue weighted by Crippen LogP contribution is -1.99. The van der Waals surface area contributed by atoms with Gasteiger partial charge in [-0.25, -0.2) is 0 Å². The van der Waals surface area contributed by atoms with Gasteiger partial charge in [0.25, 0.3) is 0 Å². The minimum absolute atomic E-state index is 0.107. The van der Waals surface area contributed by atoms with Crippen LogP contribution in [0, 0.1) is 0 Å². The van der Waals surface area contributed by atoms with E-state index in [1.807, 2.05) is 6.07 Å². The number of fused-ring (bicyclic) bond motifs is 1. The highest BCUT2D eigenvalue weighted by Gasteiger charge is 2.18. The van der Waals surface area contributed by atoms with Gasteiger partial charge in [0.15, 0.2) is 10.5 Å². The number of halogens is 2. The molecule has 5 heteroatoms. The molecule has 0 aliphatic carbocycles. The van der Waals surface area contributed by atoms with Crippen molar-refractivity contribution in [3.63, 3.8) is 0 Å². The molecule has 0 saturated heterocycles.